The van der Waals surface area contributed by atoms with Gasteiger partial charge >= 0.3 is 5.69 Å². The first-order valence-corrected chi connectivity index (χ1v) is 6.34. The zero-order valence-electron chi connectivity index (χ0n) is 9.72. The molecule has 0 saturated heterocycles. The van der Waals surface area contributed by atoms with Crippen molar-refractivity contribution in [3.05, 3.63) is 49.8 Å². The molecule has 1 aromatic heterocycles. The number of nitro groups is 1. The average Bonchev–Trinajstić information content (AvgIpc) is 2.33. The smallest absolute Gasteiger partial charge is 0.334 e. The zero-order chi connectivity index (χ0) is 14.0. The highest BCUT2D eigenvalue weighted by Gasteiger charge is 2.21. The quantitative estimate of drug-likeness (QED) is 0.520. The topological polar surface area (TPSA) is 81.0 Å². The van der Waals surface area contributed by atoms with Crippen molar-refractivity contribution in [2.24, 2.45) is 0 Å². The van der Waals surface area contributed by atoms with Crippen LogP contribution in [0.5, 0.6) is 0 Å². The van der Waals surface area contributed by atoms with Crippen molar-refractivity contribution in [3.8, 4) is 0 Å². The third kappa shape index (κ3) is 2.99. The summed E-state index contributed by atoms with van der Waals surface area (Å²) in [6, 6.07) is 5.47. The van der Waals surface area contributed by atoms with E-state index in [4.69, 9.17) is 11.6 Å². The fraction of sp³-hybridized carbons (Fsp3) is 0.0909. The average molecular weight is 344 g/mol. The van der Waals surface area contributed by atoms with E-state index in [0.29, 0.717) is 5.69 Å². The van der Waals surface area contributed by atoms with Gasteiger partial charge in [0.2, 0.25) is 11.0 Å². The fourth-order valence-corrected chi connectivity index (χ4v) is 2.00. The van der Waals surface area contributed by atoms with Gasteiger partial charge in [0.05, 0.1) is 4.92 Å². The molecule has 0 unspecified atom stereocenters. The molecule has 6 nitrogen and oxygen atoms in total. The molecule has 8 heteroatoms. The number of aromatic nitrogens is 2. The van der Waals surface area contributed by atoms with E-state index in [1.54, 1.807) is 12.1 Å². The number of hydrogen-bond acceptors (Lipinski definition) is 5. The van der Waals surface area contributed by atoms with Gasteiger partial charge in [0.25, 0.3) is 0 Å². The first-order chi connectivity index (χ1) is 8.99. The molecule has 0 amide bonds. The molecule has 0 radical (unpaired) electrons. The van der Waals surface area contributed by atoms with Crippen LogP contribution in [-0.4, -0.2) is 14.9 Å². The summed E-state index contributed by atoms with van der Waals surface area (Å²) in [6.45, 7) is 1.94. The summed E-state index contributed by atoms with van der Waals surface area (Å²) in [5.74, 6) is 0.0563. The first kappa shape index (κ1) is 13.7. The van der Waals surface area contributed by atoms with Crippen molar-refractivity contribution in [1.29, 1.82) is 0 Å². The maximum absolute atomic E-state index is 10.9. The predicted molar refractivity (Wildman–Crippen MR) is 75.9 cm³/mol. The molecule has 1 heterocycles. The Bertz CT molecular complexity index is 651. The number of aryl methyl sites for hydroxylation is 1. The molecule has 1 N–H and O–H groups in total. The van der Waals surface area contributed by atoms with Gasteiger partial charge in [0.15, 0.2) is 0 Å². The number of halogens is 2. The highest BCUT2D eigenvalue weighted by molar-refractivity contribution is 9.10. The van der Waals surface area contributed by atoms with Crippen LogP contribution in [0.1, 0.15) is 5.56 Å². The molecule has 0 aliphatic heterocycles. The Morgan fingerprint density at radius 2 is 2.16 bits per heavy atom. The summed E-state index contributed by atoms with van der Waals surface area (Å²) in [7, 11) is 0. The van der Waals surface area contributed by atoms with Gasteiger partial charge in [-0.15, -0.1) is 0 Å². The molecular weight excluding hydrogens is 336 g/mol. The van der Waals surface area contributed by atoms with E-state index in [9.17, 15) is 10.1 Å². The molecule has 98 valence electrons. The lowest BCUT2D eigenvalue weighted by atomic mass is 10.2. The monoisotopic (exact) mass is 342 g/mol. The normalized spacial score (nSPS) is 10.3. The summed E-state index contributed by atoms with van der Waals surface area (Å²) < 4.78 is 0.889. The van der Waals surface area contributed by atoms with Crippen molar-refractivity contribution >= 4 is 44.7 Å². The minimum atomic E-state index is -0.617. The van der Waals surface area contributed by atoms with Crippen LogP contribution >= 0.6 is 27.5 Å². The van der Waals surface area contributed by atoms with Gasteiger partial charge in [-0.1, -0.05) is 33.6 Å². The minimum Gasteiger partial charge on any atom is -0.334 e. The van der Waals surface area contributed by atoms with Crippen molar-refractivity contribution in [1.82, 2.24) is 9.97 Å². The number of anilines is 2. The molecule has 0 atom stereocenters. The summed E-state index contributed by atoms with van der Waals surface area (Å²) in [4.78, 5) is 17.8. The maximum atomic E-state index is 10.9. The molecular formula is C11H8BrClN4O2. The van der Waals surface area contributed by atoms with Gasteiger partial charge in [-0.05, 0) is 24.6 Å². The second-order valence-corrected chi connectivity index (χ2v) is 4.92. The van der Waals surface area contributed by atoms with E-state index < -0.39 is 4.92 Å². The summed E-state index contributed by atoms with van der Waals surface area (Å²) in [5, 5.41) is 13.6. The predicted octanol–water partition coefficient (Wildman–Crippen LogP) is 3.85. The SMILES string of the molecule is Cc1ccc(Nc2ncnc(Cl)c2[N+](=O)[O-])cc1Br. The molecule has 0 saturated carbocycles. The second-order valence-electron chi connectivity index (χ2n) is 3.71. The Balaban J connectivity index is 2.40. The molecule has 0 bridgehead atoms. The molecule has 0 spiro atoms. The Hall–Kier alpha value is -1.73. The highest BCUT2D eigenvalue weighted by atomic mass is 79.9. The van der Waals surface area contributed by atoms with E-state index in [1.807, 2.05) is 13.0 Å². The van der Waals surface area contributed by atoms with Crippen LogP contribution in [0.2, 0.25) is 5.15 Å². The van der Waals surface area contributed by atoms with Gasteiger partial charge in [0.1, 0.15) is 6.33 Å². The summed E-state index contributed by atoms with van der Waals surface area (Å²) in [5.41, 5.74) is 1.37. The molecule has 1 aromatic carbocycles. The third-order valence-electron chi connectivity index (χ3n) is 2.39. The van der Waals surface area contributed by atoms with Crippen molar-refractivity contribution in [2.75, 3.05) is 5.32 Å². The van der Waals surface area contributed by atoms with Gasteiger partial charge in [-0.25, -0.2) is 9.97 Å². The van der Waals surface area contributed by atoms with Crippen LogP contribution in [0, 0.1) is 17.0 Å². The van der Waals surface area contributed by atoms with E-state index in [-0.39, 0.29) is 16.7 Å². The molecule has 2 rings (SSSR count). The van der Waals surface area contributed by atoms with Crippen LogP contribution in [0.15, 0.2) is 29.0 Å². The molecule has 0 fully saturated rings. The van der Waals surface area contributed by atoms with Gasteiger partial charge < -0.3 is 5.32 Å². The van der Waals surface area contributed by atoms with Gasteiger partial charge in [0, 0.05) is 10.2 Å². The molecule has 0 aliphatic carbocycles. The van der Waals surface area contributed by atoms with Crippen LogP contribution in [0.4, 0.5) is 17.2 Å². The minimum absolute atomic E-state index is 0.0563. The van der Waals surface area contributed by atoms with E-state index in [2.05, 4.69) is 31.2 Å². The van der Waals surface area contributed by atoms with Crippen molar-refractivity contribution < 1.29 is 4.92 Å². The summed E-state index contributed by atoms with van der Waals surface area (Å²) >= 11 is 9.09. The van der Waals surface area contributed by atoms with E-state index in [0.717, 1.165) is 10.0 Å². The fourth-order valence-electron chi connectivity index (χ4n) is 1.42. The standard InChI is InChI=1S/C11H8BrClN4O2/c1-6-2-3-7(4-8(6)12)16-11-9(17(18)19)10(13)14-5-15-11/h2-5H,1H3,(H,14,15,16). The Morgan fingerprint density at radius 3 is 2.79 bits per heavy atom. The molecule has 0 aliphatic rings. The number of benzene rings is 1. The van der Waals surface area contributed by atoms with Crippen LogP contribution in [-0.2, 0) is 0 Å². The lowest BCUT2D eigenvalue weighted by molar-refractivity contribution is -0.384. The Morgan fingerprint density at radius 1 is 1.42 bits per heavy atom. The second kappa shape index (κ2) is 5.50. The van der Waals surface area contributed by atoms with E-state index >= 15 is 0 Å². The molecule has 19 heavy (non-hydrogen) atoms. The lowest BCUT2D eigenvalue weighted by Gasteiger charge is -2.07. The van der Waals surface area contributed by atoms with Gasteiger partial charge in [-0.3, -0.25) is 10.1 Å². The maximum Gasteiger partial charge on any atom is 0.348 e. The van der Waals surface area contributed by atoms with Crippen LogP contribution in [0.25, 0.3) is 0 Å². The van der Waals surface area contributed by atoms with Crippen LogP contribution < -0.4 is 5.32 Å². The Labute approximate surface area is 122 Å². The van der Waals surface area contributed by atoms with Crippen molar-refractivity contribution in [3.63, 3.8) is 0 Å². The van der Waals surface area contributed by atoms with E-state index in [1.165, 1.54) is 6.33 Å². The number of nitrogens with one attached hydrogen (secondary N) is 1. The highest BCUT2D eigenvalue weighted by Crippen LogP contribution is 2.31. The van der Waals surface area contributed by atoms with Gasteiger partial charge in [-0.2, -0.15) is 0 Å². The largest absolute Gasteiger partial charge is 0.348 e. The first-order valence-electron chi connectivity index (χ1n) is 5.17. The summed E-state index contributed by atoms with van der Waals surface area (Å²) in [6.07, 6.45) is 1.17. The number of hydrogen-bond donors (Lipinski definition) is 1. The lowest BCUT2D eigenvalue weighted by Crippen LogP contribution is -2.01. The number of nitrogens with zero attached hydrogens (tertiary/aromatic N) is 3. The molecule has 2 aromatic rings. The third-order valence-corrected chi connectivity index (χ3v) is 3.53. The number of rotatable bonds is 3. The van der Waals surface area contributed by atoms with Crippen molar-refractivity contribution in [2.45, 2.75) is 6.92 Å². The zero-order valence-corrected chi connectivity index (χ0v) is 12.1. The Kier molecular flexibility index (Phi) is 3.96. The van der Waals surface area contributed by atoms with Crippen LogP contribution in [0.3, 0.4) is 0 Å².